The average Bonchev–Trinajstić information content (AvgIpc) is 3.16. The molecule has 1 aliphatic carbocycles. The van der Waals surface area contributed by atoms with E-state index in [-0.39, 0.29) is 18.3 Å². The molecule has 3 atom stereocenters. The van der Waals surface area contributed by atoms with Crippen LogP contribution in [0.15, 0.2) is 24.3 Å². The minimum atomic E-state index is -3.32. The summed E-state index contributed by atoms with van der Waals surface area (Å²) in [4.78, 5) is 0. The van der Waals surface area contributed by atoms with E-state index in [4.69, 9.17) is 16.3 Å². The Morgan fingerprint density at radius 1 is 1.33 bits per heavy atom. The van der Waals surface area contributed by atoms with Gasteiger partial charge in [0.15, 0.2) is 9.84 Å². The summed E-state index contributed by atoms with van der Waals surface area (Å²) in [5.41, 5.74) is -0.165. The van der Waals surface area contributed by atoms with Gasteiger partial charge in [-0.15, -0.1) is 0 Å². The molecule has 0 saturated heterocycles. The number of hydrogen-bond donors (Lipinski definition) is 0. The highest BCUT2D eigenvalue weighted by Gasteiger charge is 2.71. The van der Waals surface area contributed by atoms with Gasteiger partial charge in [-0.05, 0) is 24.6 Å². The Morgan fingerprint density at radius 2 is 1.95 bits per heavy atom. The largest absolute Gasteiger partial charge is 0.380 e. The topological polar surface area (TPSA) is 67.2 Å². The summed E-state index contributed by atoms with van der Waals surface area (Å²) < 4.78 is 30.0. The third-order valence-electron chi connectivity index (χ3n) is 4.03. The van der Waals surface area contributed by atoms with Crippen molar-refractivity contribution in [3.05, 3.63) is 34.9 Å². The van der Waals surface area contributed by atoms with Crippen molar-refractivity contribution in [3.8, 4) is 6.07 Å². The van der Waals surface area contributed by atoms with Gasteiger partial charge in [0.2, 0.25) is 0 Å². The Labute approximate surface area is 130 Å². The molecule has 21 heavy (non-hydrogen) atoms. The molecule has 0 aromatic heterocycles. The number of hydrogen-bond acceptors (Lipinski definition) is 4. The van der Waals surface area contributed by atoms with Gasteiger partial charge in [0.25, 0.3) is 0 Å². The first-order valence-corrected chi connectivity index (χ1v) is 8.98. The van der Waals surface area contributed by atoms with Gasteiger partial charge >= 0.3 is 0 Å². The number of rotatable bonds is 6. The van der Waals surface area contributed by atoms with Crippen molar-refractivity contribution in [1.82, 2.24) is 0 Å². The van der Waals surface area contributed by atoms with Crippen LogP contribution in [0.5, 0.6) is 0 Å². The Hall–Kier alpha value is -1.09. The van der Waals surface area contributed by atoms with E-state index in [2.05, 4.69) is 6.07 Å². The number of benzene rings is 1. The SMILES string of the molecule is CCOC[C@@]1(C#N)[C@H](S(=O)(=O)CC)[C@@H]1c1ccc(Cl)cc1. The fourth-order valence-electron chi connectivity index (χ4n) is 2.86. The smallest absolute Gasteiger partial charge is 0.155 e. The van der Waals surface area contributed by atoms with Crippen molar-refractivity contribution in [2.24, 2.45) is 5.41 Å². The zero-order valence-corrected chi connectivity index (χ0v) is 13.6. The van der Waals surface area contributed by atoms with Crippen LogP contribution < -0.4 is 0 Å². The van der Waals surface area contributed by atoms with Gasteiger partial charge < -0.3 is 4.74 Å². The lowest BCUT2D eigenvalue weighted by molar-refractivity contribution is 0.117. The molecule has 1 aromatic carbocycles. The van der Waals surface area contributed by atoms with Gasteiger partial charge in [0, 0.05) is 23.3 Å². The summed E-state index contributed by atoms with van der Waals surface area (Å²) in [6.45, 7) is 4.02. The van der Waals surface area contributed by atoms with E-state index in [0.29, 0.717) is 11.6 Å². The van der Waals surface area contributed by atoms with Crippen LogP contribution in [0, 0.1) is 16.7 Å². The van der Waals surface area contributed by atoms with Gasteiger partial charge in [-0.1, -0.05) is 30.7 Å². The van der Waals surface area contributed by atoms with E-state index >= 15 is 0 Å². The average molecular weight is 328 g/mol. The molecule has 1 aromatic rings. The van der Waals surface area contributed by atoms with Crippen molar-refractivity contribution >= 4 is 21.4 Å². The number of sulfone groups is 1. The van der Waals surface area contributed by atoms with Crippen LogP contribution in [0.25, 0.3) is 0 Å². The molecule has 0 amide bonds. The van der Waals surface area contributed by atoms with Crippen LogP contribution >= 0.6 is 11.6 Å². The van der Waals surface area contributed by atoms with Crippen molar-refractivity contribution in [2.75, 3.05) is 19.0 Å². The molecule has 1 saturated carbocycles. The molecule has 6 heteroatoms. The third kappa shape index (κ3) is 2.80. The summed E-state index contributed by atoms with van der Waals surface area (Å²) in [6, 6.07) is 9.21. The molecule has 114 valence electrons. The Bertz CT molecular complexity index is 650. The van der Waals surface area contributed by atoms with Gasteiger partial charge in [-0.2, -0.15) is 5.26 Å². The summed E-state index contributed by atoms with van der Waals surface area (Å²) in [5, 5.41) is 9.46. The number of ether oxygens (including phenoxy) is 1. The monoisotopic (exact) mass is 327 g/mol. The highest BCUT2D eigenvalue weighted by atomic mass is 35.5. The van der Waals surface area contributed by atoms with E-state index in [1.165, 1.54) is 0 Å². The van der Waals surface area contributed by atoms with Crippen LogP contribution in [0.1, 0.15) is 25.3 Å². The van der Waals surface area contributed by atoms with E-state index < -0.39 is 20.5 Å². The molecule has 1 aliphatic rings. The minimum Gasteiger partial charge on any atom is -0.380 e. The standard InChI is InChI=1S/C15H18ClNO3S/c1-3-20-10-15(9-17)13(14(15)21(18,19)4-2)11-5-7-12(16)8-6-11/h5-8,13-14H,3-4,10H2,1-2H3/t13-,14+,15+/m0/s1. The fourth-order valence-corrected chi connectivity index (χ4v) is 4.99. The molecule has 0 spiro atoms. The van der Waals surface area contributed by atoms with Crippen molar-refractivity contribution in [3.63, 3.8) is 0 Å². The third-order valence-corrected chi connectivity index (χ3v) is 6.55. The molecule has 0 bridgehead atoms. The molecular weight excluding hydrogens is 310 g/mol. The van der Waals surface area contributed by atoms with E-state index in [0.717, 1.165) is 5.56 Å². The zero-order valence-electron chi connectivity index (χ0n) is 12.0. The lowest BCUT2D eigenvalue weighted by Crippen LogP contribution is -2.20. The zero-order chi connectivity index (χ0) is 15.7. The second-order valence-corrected chi connectivity index (χ2v) is 8.04. The number of nitriles is 1. The maximum Gasteiger partial charge on any atom is 0.155 e. The molecule has 0 radical (unpaired) electrons. The Kier molecular flexibility index (Phi) is 4.62. The van der Waals surface area contributed by atoms with Crippen LogP contribution in [0.4, 0.5) is 0 Å². The maximum atomic E-state index is 12.3. The van der Waals surface area contributed by atoms with Gasteiger partial charge in [0.1, 0.15) is 5.41 Å². The molecule has 0 unspecified atom stereocenters. The lowest BCUT2D eigenvalue weighted by atomic mass is 10.0. The second kappa shape index (κ2) is 5.96. The predicted molar refractivity (Wildman–Crippen MR) is 82.0 cm³/mol. The summed E-state index contributed by atoms with van der Waals surface area (Å²) >= 11 is 5.87. The van der Waals surface area contributed by atoms with Gasteiger partial charge in [-0.3, -0.25) is 0 Å². The van der Waals surface area contributed by atoms with Crippen LogP contribution in [-0.4, -0.2) is 32.6 Å². The van der Waals surface area contributed by atoms with Crippen LogP contribution in [0.3, 0.4) is 0 Å². The maximum absolute atomic E-state index is 12.3. The first-order valence-electron chi connectivity index (χ1n) is 6.89. The van der Waals surface area contributed by atoms with Crippen molar-refractivity contribution < 1.29 is 13.2 Å². The first kappa shape index (κ1) is 16.3. The Morgan fingerprint density at radius 3 is 2.43 bits per heavy atom. The lowest BCUT2D eigenvalue weighted by Gasteiger charge is -2.09. The van der Waals surface area contributed by atoms with Crippen molar-refractivity contribution in [1.29, 1.82) is 5.26 Å². The van der Waals surface area contributed by atoms with Gasteiger partial charge in [0.05, 0.1) is 17.9 Å². The van der Waals surface area contributed by atoms with E-state index in [9.17, 15) is 13.7 Å². The molecule has 0 aliphatic heterocycles. The Balaban J connectivity index is 2.42. The quantitative estimate of drug-likeness (QED) is 0.805. The van der Waals surface area contributed by atoms with E-state index in [1.54, 1.807) is 31.2 Å². The highest BCUT2D eigenvalue weighted by molar-refractivity contribution is 7.92. The molecule has 1 fully saturated rings. The fraction of sp³-hybridized carbons (Fsp3) is 0.533. The number of halogens is 1. The predicted octanol–water partition coefficient (Wildman–Crippen LogP) is 2.79. The summed E-state index contributed by atoms with van der Waals surface area (Å²) in [5.74, 6) is -0.326. The van der Waals surface area contributed by atoms with Crippen LogP contribution in [0.2, 0.25) is 5.02 Å². The number of nitrogens with zero attached hydrogens (tertiary/aromatic N) is 1. The van der Waals surface area contributed by atoms with Crippen LogP contribution in [-0.2, 0) is 14.6 Å². The molecule has 0 N–H and O–H groups in total. The normalized spacial score (nSPS) is 28.1. The molecule has 2 rings (SSSR count). The highest BCUT2D eigenvalue weighted by Crippen LogP contribution is 2.63. The van der Waals surface area contributed by atoms with Crippen molar-refractivity contribution in [2.45, 2.75) is 25.0 Å². The first-order chi connectivity index (χ1) is 9.93. The summed E-state index contributed by atoms with van der Waals surface area (Å²) in [6.07, 6.45) is 0. The molecular formula is C15H18ClNO3S. The van der Waals surface area contributed by atoms with Gasteiger partial charge in [-0.25, -0.2) is 8.42 Å². The van der Waals surface area contributed by atoms with E-state index in [1.807, 2.05) is 6.92 Å². The minimum absolute atomic E-state index is 0.0251. The summed E-state index contributed by atoms with van der Waals surface area (Å²) in [7, 11) is -3.32. The second-order valence-electron chi connectivity index (χ2n) is 5.19. The molecule has 4 nitrogen and oxygen atoms in total. The molecule has 0 heterocycles.